The van der Waals surface area contributed by atoms with Gasteiger partial charge in [-0.2, -0.15) is 12.6 Å². The Balaban J connectivity index is 2.58. The number of allylic oxidation sites excluding steroid dienone is 9. The van der Waals surface area contributed by atoms with Crippen LogP contribution in [-0.4, -0.2) is 30.9 Å². The van der Waals surface area contributed by atoms with Crippen molar-refractivity contribution in [2.24, 2.45) is 5.41 Å². The molecule has 1 aliphatic carbocycles. The first-order valence-corrected chi connectivity index (χ1v) is 11.8. The molecule has 0 fully saturated rings. The highest BCUT2D eigenvalue weighted by molar-refractivity contribution is 7.80. The maximum Gasteiger partial charge on any atom is 0.323 e. The molecule has 0 heterocycles. The Morgan fingerprint density at radius 3 is 2.63 bits per heavy atom. The van der Waals surface area contributed by atoms with E-state index in [2.05, 4.69) is 89.0 Å². The number of hydrogen-bond donors (Lipinski definition) is 2. The Hall–Kier alpha value is -1.52. The lowest BCUT2D eigenvalue weighted by Gasteiger charge is -2.32. The lowest BCUT2D eigenvalue weighted by Crippen LogP contribution is -2.39. The second kappa shape index (κ2) is 13.7. The summed E-state index contributed by atoms with van der Waals surface area (Å²) in [4.78, 5) is 11.9. The van der Waals surface area contributed by atoms with E-state index in [1.54, 1.807) is 0 Å². The molecule has 0 saturated heterocycles. The largest absolute Gasteiger partial charge is 0.465 e. The molecule has 168 valence electrons. The van der Waals surface area contributed by atoms with Gasteiger partial charge in [0.2, 0.25) is 0 Å². The maximum atomic E-state index is 11.9. The monoisotopic (exact) mass is 431 g/mol. The molecule has 0 amide bonds. The van der Waals surface area contributed by atoms with Crippen LogP contribution in [0.5, 0.6) is 0 Å². The van der Waals surface area contributed by atoms with Crippen molar-refractivity contribution in [3.63, 3.8) is 0 Å². The number of esters is 1. The van der Waals surface area contributed by atoms with Crippen LogP contribution >= 0.6 is 12.6 Å². The van der Waals surface area contributed by atoms with Gasteiger partial charge in [0, 0.05) is 12.3 Å². The maximum absolute atomic E-state index is 11.9. The summed E-state index contributed by atoms with van der Waals surface area (Å²) in [7, 11) is 0. The van der Waals surface area contributed by atoms with Gasteiger partial charge in [0.25, 0.3) is 0 Å². The molecule has 1 N–H and O–H groups in total. The van der Waals surface area contributed by atoms with E-state index >= 15 is 0 Å². The van der Waals surface area contributed by atoms with E-state index in [1.807, 2.05) is 6.92 Å². The second-order valence-corrected chi connectivity index (χ2v) is 9.16. The minimum Gasteiger partial charge on any atom is -0.465 e. The zero-order chi connectivity index (χ0) is 22.6. The van der Waals surface area contributed by atoms with E-state index in [1.165, 1.54) is 36.0 Å². The van der Waals surface area contributed by atoms with Crippen molar-refractivity contribution < 1.29 is 9.53 Å². The van der Waals surface area contributed by atoms with Crippen LogP contribution in [0.15, 0.2) is 58.7 Å². The topological polar surface area (TPSA) is 38.3 Å². The molecule has 0 saturated carbocycles. The summed E-state index contributed by atoms with van der Waals surface area (Å²) in [5.74, 6) is 0.192. The third kappa shape index (κ3) is 9.53. The third-order valence-electron chi connectivity index (χ3n) is 5.48. The number of ether oxygens (including phenoxy) is 1. The van der Waals surface area contributed by atoms with Crippen LogP contribution in [0.4, 0.5) is 0 Å². The Labute approximate surface area is 189 Å². The van der Waals surface area contributed by atoms with Gasteiger partial charge in [-0.05, 0) is 57.4 Å². The van der Waals surface area contributed by atoms with Crippen molar-refractivity contribution >= 4 is 18.6 Å². The SMILES string of the molecule is CCCOC(=O)[C@H](CS)NC/C=C(/C)C=CC=C(C)C=CC1=C(C)CCCC1(C)C. The van der Waals surface area contributed by atoms with Crippen LogP contribution in [-0.2, 0) is 9.53 Å². The summed E-state index contributed by atoms with van der Waals surface area (Å²) in [5, 5.41) is 3.18. The average molecular weight is 432 g/mol. The first-order valence-electron chi connectivity index (χ1n) is 11.1. The van der Waals surface area contributed by atoms with Gasteiger partial charge in [0.05, 0.1) is 6.61 Å². The lowest BCUT2D eigenvalue weighted by molar-refractivity contribution is -0.145. The molecule has 4 heteroatoms. The quantitative estimate of drug-likeness (QED) is 0.227. The molecule has 0 bridgehead atoms. The van der Waals surface area contributed by atoms with Crippen LogP contribution < -0.4 is 5.32 Å². The van der Waals surface area contributed by atoms with Gasteiger partial charge in [-0.15, -0.1) is 0 Å². The zero-order valence-corrected chi connectivity index (χ0v) is 20.6. The molecule has 1 rings (SSSR count). The summed E-state index contributed by atoms with van der Waals surface area (Å²) in [6.07, 6.45) is 17.5. The predicted octanol–water partition coefficient (Wildman–Crippen LogP) is 6.36. The summed E-state index contributed by atoms with van der Waals surface area (Å²) in [5.41, 5.74) is 5.66. The Morgan fingerprint density at radius 1 is 1.27 bits per heavy atom. The van der Waals surface area contributed by atoms with Crippen molar-refractivity contribution in [1.29, 1.82) is 0 Å². The first kappa shape index (κ1) is 26.5. The lowest BCUT2D eigenvalue weighted by atomic mass is 9.72. The molecule has 0 unspecified atom stereocenters. The predicted molar refractivity (Wildman–Crippen MR) is 133 cm³/mol. The summed E-state index contributed by atoms with van der Waals surface area (Å²) >= 11 is 4.24. The molecule has 0 spiro atoms. The first-order chi connectivity index (χ1) is 14.2. The third-order valence-corrected chi connectivity index (χ3v) is 5.84. The van der Waals surface area contributed by atoms with Gasteiger partial charge in [-0.1, -0.05) is 73.9 Å². The normalized spacial score (nSPS) is 19.0. The van der Waals surface area contributed by atoms with E-state index in [0.29, 0.717) is 18.9 Å². The summed E-state index contributed by atoms with van der Waals surface area (Å²) in [6.45, 7) is 14.2. The Kier molecular flexibility index (Phi) is 12.1. The molecular formula is C26H41NO2S. The minimum atomic E-state index is -0.373. The zero-order valence-electron chi connectivity index (χ0n) is 19.8. The van der Waals surface area contributed by atoms with E-state index in [4.69, 9.17) is 4.74 Å². The van der Waals surface area contributed by atoms with E-state index < -0.39 is 0 Å². The van der Waals surface area contributed by atoms with E-state index in [-0.39, 0.29) is 17.4 Å². The van der Waals surface area contributed by atoms with Crippen molar-refractivity contribution in [2.75, 3.05) is 18.9 Å². The number of hydrogen-bond acceptors (Lipinski definition) is 4. The van der Waals surface area contributed by atoms with Crippen LogP contribution in [0, 0.1) is 5.41 Å². The second-order valence-electron chi connectivity index (χ2n) is 8.79. The smallest absolute Gasteiger partial charge is 0.323 e. The van der Waals surface area contributed by atoms with Crippen LogP contribution in [0.3, 0.4) is 0 Å². The Morgan fingerprint density at radius 2 is 2.00 bits per heavy atom. The molecule has 0 aliphatic heterocycles. The minimum absolute atomic E-state index is 0.231. The number of nitrogens with one attached hydrogen (secondary N) is 1. The average Bonchev–Trinajstić information content (AvgIpc) is 2.68. The van der Waals surface area contributed by atoms with Gasteiger partial charge < -0.3 is 10.1 Å². The van der Waals surface area contributed by atoms with Crippen LogP contribution in [0.1, 0.15) is 67.2 Å². The van der Waals surface area contributed by atoms with Crippen molar-refractivity contribution in [2.45, 2.75) is 73.3 Å². The van der Waals surface area contributed by atoms with Crippen LogP contribution in [0.2, 0.25) is 0 Å². The molecule has 1 aliphatic rings. The molecule has 0 aromatic rings. The van der Waals surface area contributed by atoms with Crippen molar-refractivity contribution in [1.82, 2.24) is 5.32 Å². The molecule has 0 aromatic heterocycles. The van der Waals surface area contributed by atoms with Crippen LogP contribution in [0.25, 0.3) is 0 Å². The highest BCUT2D eigenvalue weighted by Crippen LogP contribution is 2.40. The van der Waals surface area contributed by atoms with Gasteiger partial charge in [0.15, 0.2) is 0 Å². The summed E-state index contributed by atoms with van der Waals surface area (Å²) < 4.78 is 5.18. The van der Waals surface area contributed by atoms with E-state index in [9.17, 15) is 4.79 Å². The van der Waals surface area contributed by atoms with Gasteiger partial charge >= 0.3 is 5.97 Å². The fraction of sp³-hybridized carbons (Fsp3) is 0.577. The standard InChI is InChI=1S/C26H41NO2S/c1-7-18-29-25(28)24(19-30)27-17-15-21(3)11-8-10-20(2)13-14-23-22(4)12-9-16-26(23,5)6/h8,10-11,13-15,24,27,30H,7,9,12,16-19H2,1-6H3/b11-8?,14-13?,20-10?,21-15-/t24-/m0/s1. The molecule has 30 heavy (non-hydrogen) atoms. The number of carbonyl (C=O) groups excluding carboxylic acids is 1. The summed E-state index contributed by atoms with van der Waals surface area (Å²) in [6, 6.07) is -0.373. The number of rotatable bonds is 11. The van der Waals surface area contributed by atoms with Crippen molar-refractivity contribution in [3.05, 3.63) is 58.7 Å². The molecule has 3 nitrogen and oxygen atoms in total. The highest BCUT2D eigenvalue weighted by atomic mass is 32.1. The fourth-order valence-corrected chi connectivity index (χ4v) is 3.87. The van der Waals surface area contributed by atoms with Crippen molar-refractivity contribution in [3.8, 4) is 0 Å². The van der Waals surface area contributed by atoms with Gasteiger partial charge in [0.1, 0.15) is 6.04 Å². The number of thiol groups is 1. The molecular weight excluding hydrogens is 390 g/mol. The van der Waals surface area contributed by atoms with Gasteiger partial charge in [-0.25, -0.2) is 0 Å². The Bertz CT molecular complexity index is 711. The fourth-order valence-electron chi connectivity index (χ4n) is 3.59. The highest BCUT2D eigenvalue weighted by Gasteiger charge is 2.26. The molecule has 0 radical (unpaired) electrons. The van der Waals surface area contributed by atoms with E-state index in [0.717, 1.165) is 12.0 Å². The van der Waals surface area contributed by atoms with Gasteiger partial charge in [-0.3, -0.25) is 4.79 Å². The molecule has 1 atom stereocenters. The molecule has 0 aromatic carbocycles. The number of carbonyl (C=O) groups is 1.